The molecule has 0 heterocycles. The molecular formula is C11H14Cl2F3NO. The molecule has 0 aliphatic carbocycles. The number of nitrogens with two attached hydrogens (primary N) is 1. The molecule has 1 aromatic carbocycles. The molecule has 0 amide bonds. The van der Waals surface area contributed by atoms with Crippen LogP contribution in [0.3, 0.4) is 0 Å². The van der Waals surface area contributed by atoms with Crippen LogP contribution < -0.4 is 10.5 Å². The first-order valence-electron chi connectivity index (χ1n) is 5.14. The van der Waals surface area contributed by atoms with Gasteiger partial charge in [-0.1, -0.05) is 31.0 Å². The fraction of sp³-hybridized carbons (Fsp3) is 0.455. The molecule has 0 spiro atoms. The largest absolute Gasteiger partial charge is 0.573 e. The van der Waals surface area contributed by atoms with Crippen LogP contribution in [0.15, 0.2) is 18.2 Å². The normalized spacial score (nSPS) is 12.8. The molecule has 18 heavy (non-hydrogen) atoms. The van der Waals surface area contributed by atoms with Gasteiger partial charge in [0.25, 0.3) is 0 Å². The van der Waals surface area contributed by atoms with Crippen molar-refractivity contribution in [3.63, 3.8) is 0 Å². The molecule has 0 aromatic heterocycles. The van der Waals surface area contributed by atoms with E-state index in [1.54, 1.807) is 0 Å². The highest BCUT2D eigenvalue weighted by molar-refractivity contribution is 6.32. The Labute approximate surface area is 115 Å². The zero-order valence-corrected chi connectivity index (χ0v) is 11.2. The van der Waals surface area contributed by atoms with Gasteiger partial charge in [-0.15, -0.1) is 25.6 Å². The van der Waals surface area contributed by atoms with Crippen molar-refractivity contribution in [2.75, 3.05) is 0 Å². The van der Waals surface area contributed by atoms with Crippen LogP contribution in [0.1, 0.15) is 31.4 Å². The monoisotopic (exact) mass is 303 g/mol. The molecule has 1 rings (SSSR count). The highest BCUT2D eigenvalue weighted by Gasteiger charge is 2.32. The lowest BCUT2D eigenvalue weighted by molar-refractivity contribution is -0.274. The molecule has 0 aliphatic rings. The van der Waals surface area contributed by atoms with Crippen LogP contribution in [0.25, 0.3) is 0 Å². The maximum absolute atomic E-state index is 12.0. The summed E-state index contributed by atoms with van der Waals surface area (Å²) in [5.74, 6) is -0.411. The average molecular weight is 304 g/mol. The zero-order valence-electron chi connectivity index (χ0n) is 9.63. The molecular weight excluding hydrogens is 290 g/mol. The van der Waals surface area contributed by atoms with Crippen molar-refractivity contribution >= 4 is 24.0 Å². The summed E-state index contributed by atoms with van der Waals surface area (Å²) in [5.41, 5.74) is 6.53. The lowest BCUT2D eigenvalue weighted by Crippen LogP contribution is -2.17. The molecule has 0 fully saturated rings. The van der Waals surface area contributed by atoms with Crippen molar-refractivity contribution in [1.29, 1.82) is 0 Å². The SMILES string of the molecule is CCC[C@H](N)c1ccc(OC(F)(F)F)c(Cl)c1.Cl. The van der Waals surface area contributed by atoms with E-state index in [2.05, 4.69) is 4.74 Å². The van der Waals surface area contributed by atoms with Gasteiger partial charge < -0.3 is 10.5 Å². The number of alkyl halides is 3. The minimum Gasteiger partial charge on any atom is -0.404 e. The molecule has 0 radical (unpaired) electrons. The molecule has 1 atom stereocenters. The van der Waals surface area contributed by atoms with Gasteiger partial charge in [-0.3, -0.25) is 0 Å². The number of halogens is 5. The van der Waals surface area contributed by atoms with Crippen LogP contribution in [0.2, 0.25) is 5.02 Å². The van der Waals surface area contributed by atoms with E-state index in [9.17, 15) is 13.2 Å². The quantitative estimate of drug-likeness (QED) is 0.891. The van der Waals surface area contributed by atoms with Crippen molar-refractivity contribution in [3.8, 4) is 5.75 Å². The lowest BCUT2D eigenvalue weighted by Gasteiger charge is -2.14. The van der Waals surface area contributed by atoms with Gasteiger partial charge in [0, 0.05) is 6.04 Å². The average Bonchev–Trinajstić information content (AvgIpc) is 2.19. The molecule has 0 bridgehead atoms. The third-order valence-corrected chi connectivity index (χ3v) is 2.50. The first kappa shape index (κ1) is 17.4. The van der Waals surface area contributed by atoms with Crippen LogP contribution in [0, 0.1) is 0 Å². The summed E-state index contributed by atoms with van der Waals surface area (Å²) in [4.78, 5) is 0. The van der Waals surface area contributed by atoms with Gasteiger partial charge in [-0.05, 0) is 24.1 Å². The van der Waals surface area contributed by atoms with E-state index in [1.807, 2.05) is 6.92 Å². The molecule has 0 aliphatic heterocycles. The fourth-order valence-corrected chi connectivity index (χ4v) is 1.66. The van der Waals surface area contributed by atoms with Crippen LogP contribution in [0.4, 0.5) is 13.2 Å². The standard InChI is InChI=1S/C11H13ClF3NO.ClH/c1-2-3-9(16)7-4-5-10(8(12)6-7)17-11(13,14)15;/h4-6,9H,2-3,16H2,1H3;1H/t9-;/m0./s1. The molecule has 0 saturated carbocycles. The summed E-state index contributed by atoms with van der Waals surface area (Å²) >= 11 is 5.70. The second-order valence-electron chi connectivity index (χ2n) is 3.63. The molecule has 0 saturated heterocycles. The lowest BCUT2D eigenvalue weighted by atomic mass is 10.0. The van der Waals surface area contributed by atoms with Gasteiger partial charge in [-0.25, -0.2) is 0 Å². The Morgan fingerprint density at radius 2 is 2.00 bits per heavy atom. The Morgan fingerprint density at radius 1 is 1.39 bits per heavy atom. The fourth-order valence-electron chi connectivity index (χ4n) is 1.43. The Kier molecular flexibility index (Phi) is 6.81. The molecule has 2 nitrogen and oxygen atoms in total. The van der Waals surface area contributed by atoms with Gasteiger partial charge in [0.05, 0.1) is 5.02 Å². The number of rotatable bonds is 4. The van der Waals surface area contributed by atoms with Gasteiger partial charge in [-0.2, -0.15) is 0 Å². The number of ether oxygens (including phenoxy) is 1. The number of benzene rings is 1. The van der Waals surface area contributed by atoms with Crippen molar-refractivity contribution in [1.82, 2.24) is 0 Å². The summed E-state index contributed by atoms with van der Waals surface area (Å²) in [6, 6.07) is 3.86. The van der Waals surface area contributed by atoms with E-state index >= 15 is 0 Å². The predicted octanol–water partition coefficient (Wildman–Crippen LogP) is 4.46. The van der Waals surface area contributed by atoms with Crippen molar-refractivity contribution in [2.45, 2.75) is 32.2 Å². The van der Waals surface area contributed by atoms with Crippen LogP contribution >= 0.6 is 24.0 Å². The smallest absolute Gasteiger partial charge is 0.404 e. The maximum Gasteiger partial charge on any atom is 0.573 e. The zero-order chi connectivity index (χ0) is 13.1. The molecule has 1 aromatic rings. The Bertz CT molecular complexity index is 385. The maximum atomic E-state index is 12.0. The van der Waals surface area contributed by atoms with Crippen LogP contribution in [0.5, 0.6) is 5.75 Å². The van der Waals surface area contributed by atoms with Gasteiger partial charge in [0.15, 0.2) is 0 Å². The summed E-state index contributed by atoms with van der Waals surface area (Å²) in [6.45, 7) is 1.97. The summed E-state index contributed by atoms with van der Waals surface area (Å²) < 4.78 is 39.7. The minimum atomic E-state index is -4.74. The topological polar surface area (TPSA) is 35.2 Å². The highest BCUT2D eigenvalue weighted by atomic mass is 35.5. The van der Waals surface area contributed by atoms with E-state index in [0.29, 0.717) is 5.56 Å². The summed E-state index contributed by atoms with van der Waals surface area (Å²) in [5, 5.41) is -0.0913. The molecule has 2 N–H and O–H groups in total. The van der Waals surface area contributed by atoms with E-state index in [1.165, 1.54) is 18.2 Å². The first-order chi connectivity index (χ1) is 7.83. The van der Waals surface area contributed by atoms with Crippen LogP contribution in [-0.4, -0.2) is 6.36 Å². The second-order valence-corrected chi connectivity index (χ2v) is 4.04. The summed E-state index contributed by atoms with van der Waals surface area (Å²) in [6.07, 6.45) is -3.11. The Balaban J connectivity index is 0.00000289. The number of hydrogen-bond acceptors (Lipinski definition) is 2. The summed E-state index contributed by atoms with van der Waals surface area (Å²) in [7, 11) is 0. The van der Waals surface area contributed by atoms with Gasteiger partial charge >= 0.3 is 6.36 Å². The van der Waals surface area contributed by atoms with Crippen molar-refractivity contribution < 1.29 is 17.9 Å². The number of hydrogen-bond donors (Lipinski definition) is 1. The van der Waals surface area contributed by atoms with Gasteiger partial charge in [0.1, 0.15) is 5.75 Å². The van der Waals surface area contributed by atoms with E-state index in [-0.39, 0.29) is 23.5 Å². The first-order valence-corrected chi connectivity index (χ1v) is 5.52. The van der Waals surface area contributed by atoms with E-state index in [0.717, 1.165) is 12.8 Å². The van der Waals surface area contributed by atoms with Crippen molar-refractivity contribution in [2.24, 2.45) is 5.73 Å². The molecule has 104 valence electrons. The Hall–Kier alpha value is -0.650. The third kappa shape index (κ3) is 5.33. The molecule has 0 unspecified atom stereocenters. The Morgan fingerprint density at radius 3 is 2.44 bits per heavy atom. The van der Waals surface area contributed by atoms with Gasteiger partial charge in [0.2, 0.25) is 0 Å². The minimum absolute atomic E-state index is 0. The van der Waals surface area contributed by atoms with E-state index in [4.69, 9.17) is 17.3 Å². The van der Waals surface area contributed by atoms with Crippen LogP contribution in [-0.2, 0) is 0 Å². The van der Waals surface area contributed by atoms with Crippen molar-refractivity contribution in [3.05, 3.63) is 28.8 Å². The highest BCUT2D eigenvalue weighted by Crippen LogP contribution is 2.32. The third-order valence-electron chi connectivity index (χ3n) is 2.21. The second kappa shape index (κ2) is 7.07. The van der Waals surface area contributed by atoms with E-state index < -0.39 is 12.1 Å². The predicted molar refractivity (Wildman–Crippen MR) is 67.2 cm³/mol. The molecule has 7 heteroatoms.